The topological polar surface area (TPSA) is 63.5 Å². The van der Waals surface area contributed by atoms with Gasteiger partial charge in [0, 0.05) is 31.5 Å². The second-order valence-electron chi connectivity index (χ2n) is 7.15. The highest BCUT2D eigenvalue weighted by Gasteiger charge is 2.28. The zero-order valence-corrected chi connectivity index (χ0v) is 17.2. The van der Waals surface area contributed by atoms with Crippen molar-refractivity contribution in [2.45, 2.75) is 23.7 Å². The maximum absolute atomic E-state index is 13.3. The van der Waals surface area contributed by atoms with E-state index in [2.05, 4.69) is 33.5 Å². The molecule has 1 atom stereocenters. The molecule has 0 spiro atoms. The Labute approximate surface area is 166 Å². The van der Waals surface area contributed by atoms with E-state index in [1.165, 1.54) is 5.56 Å². The van der Waals surface area contributed by atoms with Crippen LogP contribution in [0.15, 0.2) is 56.7 Å². The first-order chi connectivity index (χ1) is 13.5. The van der Waals surface area contributed by atoms with E-state index < -0.39 is 9.73 Å². The molecule has 0 radical (unpaired) electrons. The Bertz CT molecular complexity index is 1020. The predicted molar refractivity (Wildman–Crippen MR) is 111 cm³/mol. The van der Waals surface area contributed by atoms with Crippen molar-refractivity contribution >= 4 is 21.4 Å². The number of hydrogen-bond acceptors (Lipinski definition) is 6. The highest BCUT2D eigenvalue weighted by atomic mass is 32.2. The van der Waals surface area contributed by atoms with E-state index >= 15 is 0 Å². The highest BCUT2D eigenvalue weighted by Crippen LogP contribution is 2.40. The summed E-state index contributed by atoms with van der Waals surface area (Å²) in [5, 5.41) is 0. The zero-order chi connectivity index (χ0) is 19.7. The molecule has 0 amide bonds. The van der Waals surface area contributed by atoms with E-state index in [-0.39, 0.29) is 0 Å². The lowest BCUT2D eigenvalue weighted by Crippen LogP contribution is -2.38. The Balaban J connectivity index is 1.61. The van der Waals surface area contributed by atoms with Gasteiger partial charge in [-0.25, -0.2) is 9.20 Å². The largest absolute Gasteiger partial charge is 0.493 e. The van der Waals surface area contributed by atoms with Gasteiger partial charge in [0.05, 0.1) is 34.5 Å². The Kier molecular flexibility index (Phi) is 5.02. The maximum Gasteiger partial charge on any atom is 0.234 e. The number of piperidine rings is 1. The molecular formula is C21H25N3O3S. The summed E-state index contributed by atoms with van der Waals surface area (Å²) < 4.78 is 28.5. The van der Waals surface area contributed by atoms with Gasteiger partial charge >= 0.3 is 0 Å². The van der Waals surface area contributed by atoms with Crippen LogP contribution in [0.4, 0.5) is 5.69 Å². The van der Waals surface area contributed by atoms with Crippen LogP contribution in [0, 0.1) is 0 Å². The van der Waals surface area contributed by atoms with E-state index in [0.717, 1.165) is 25.9 Å². The molecule has 1 unspecified atom stereocenters. The van der Waals surface area contributed by atoms with Crippen LogP contribution in [0.3, 0.4) is 0 Å². The van der Waals surface area contributed by atoms with Gasteiger partial charge in [-0.2, -0.15) is 4.36 Å². The van der Waals surface area contributed by atoms with Gasteiger partial charge in [-0.05, 0) is 24.3 Å². The van der Waals surface area contributed by atoms with Gasteiger partial charge in [0.2, 0.25) is 5.96 Å². The van der Waals surface area contributed by atoms with Crippen molar-refractivity contribution in [3.05, 3.63) is 48.0 Å². The number of ether oxygens (including phenoxy) is 2. The third-order valence-corrected chi connectivity index (χ3v) is 7.05. The molecule has 1 fully saturated rings. The van der Waals surface area contributed by atoms with Crippen LogP contribution in [0.1, 0.15) is 24.3 Å². The minimum Gasteiger partial charge on any atom is -0.493 e. The minimum atomic E-state index is -2.60. The van der Waals surface area contributed by atoms with Crippen LogP contribution in [0.2, 0.25) is 0 Å². The van der Waals surface area contributed by atoms with Crippen molar-refractivity contribution in [3.8, 4) is 11.5 Å². The lowest BCUT2D eigenvalue weighted by molar-refractivity contribution is 0.310. The summed E-state index contributed by atoms with van der Waals surface area (Å²) in [5.74, 6) is 2.21. The van der Waals surface area contributed by atoms with Crippen LogP contribution in [0.25, 0.3) is 0 Å². The molecule has 28 heavy (non-hydrogen) atoms. The number of methoxy groups -OCH3 is 2. The average Bonchev–Trinajstić information content (AvgIpc) is 2.73. The molecule has 4 rings (SSSR count). The molecule has 0 N–H and O–H groups in total. The van der Waals surface area contributed by atoms with E-state index in [1.54, 1.807) is 32.6 Å². The number of guanidine groups is 1. The SMILES string of the molecule is COc1cc2c(cc1OC)S(C)(=O)=NC(N1CCC(c3ccccc3)CC1)=N2. The van der Waals surface area contributed by atoms with Crippen molar-refractivity contribution in [2.75, 3.05) is 33.6 Å². The monoisotopic (exact) mass is 399 g/mol. The summed E-state index contributed by atoms with van der Waals surface area (Å²) in [6.07, 6.45) is 3.72. The zero-order valence-electron chi connectivity index (χ0n) is 16.4. The summed E-state index contributed by atoms with van der Waals surface area (Å²) in [5.41, 5.74) is 2.02. The first kappa shape index (κ1) is 18.8. The molecule has 2 aromatic rings. The molecule has 6 nitrogen and oxygen atoms in total. The second kappa shape index (κ2) is 7.47. The molecule has 148 valence electrons. The molecule has 0 aromatic heterocycles. The van der Waals surface area contributed by atoms with Gasteiger partial charge in [-0.3, -0.25) is 0 Å². The number of nitrogens with zero attached hydrogens (tertiary/aromatic N) is 3. The molecule has 2 aliphatic heterocycles. The Morgan fingerprint density at radius 2 is 1.68 bits per heavy atom. The van der Waals surface area contributed by atoms with E-state index in [1.807, 2.05) is 6.07 Å². The number of hydrogen-bond donors (Lipinski definition) is 0. The van der Waals surface area contributed by atoms with Gasteiger partial charge in [0.15, 0.2) is 11.5 Å². The number of benzene rings is 2. The van der Waals surface area contributed by atoms with E-state index in [4.69, 9.17) is 14.5 Å². The highest BCUT2D eigenvalue weighted by molar-refractivity contribution is 7.93. The third-order valence-electron chi connectivity index (χ3n) is 5.40. The van der Waals surface area contributed by atoms with Gasteiger partial charge in [0.25, 0.3) is 0 Å². The molecule has 0 bridgehead atoms. The average molecular weight is 400 g/mol. The van der Waals surface area contributed by atoms with Crippen LogP contribution < -0.4 is 9.47 Å². The van der Waals surface area contributed by atoms with Crippen LogP contribution in [-0.2, 0) is 9.73 Å². The van der Waals surface area contributed by atoms with Crippen molar-refractivity contribution in [1.29, 1.82) is 0 Å². The first-order valence-electron chi connectivity index (χ1n) is 9.38. The number of aliphatic imine (C=N–C) groups is 1. The fourth-order valence-corrected chi connectivity index (χ4v) is 5.22. The molecule has 0 aliphatic carbocycles. The third kappa shape index (κ3) is 3.46. The molecule has 2 aromatic carbocycles. The van der Waals surface area contributed by atoms with Crippen LogP contribution in [0.5, 0.6) is 11.5 Å². The Hall–Kier alpha value is -2.54. The van der Waals surface area contributed by atoms with Gasteiger partial charge in [-0.1, -0.05) is 30.3 Å². The van der Waals surface area contributed by atoms with E-state index in [0.29, 0.717) is 34.0 Å². The lowest BCUT2D eigenvalue weighted by Gasteiger charge is -2.34. The van der Waals surface area contributed by atoms with Crippen molar-refractivity contribution in [3.63, 3.8) is 0 Å². The molecule has 2 aliphatic rings. The summed E-state index contributed by atoms with van der Waals surface area (Å²) in [7, 11) is 0.549. The smallest absolute Gasteiger partial charge is 0.234 e. The first-order valence-corrected chi connectivity index (χ1v) is 11.3. The fraction of sp³-hybridized carbons (Fsp3) is 0.381. The maximum atomic E-state index is 13.3. The van der Waals surface area contributed by atoms with Crippen molar-refractivity contribution < 1.29 is 13.7 Å². The van der Waals surface area contributed by atoms with Crippen LogP contribution >= 0.6 is 0 Å². The quantitative estimate of drug-likeness (QED) is 0.781. The fourth-order valence-electron chi connectivity index (χ4n) is 3.84. The molecule has 7 heteroatoms. The molecule has 1 saturated heterocycles. The number of likely N-dealkylation sites (tertiary alicyclic amines) is 1. The van der Waals surface area contributed by atoms with Gasteiger partial charge in [-0.15, -0.1) is 0 Å². The minimum absolute atomic E-state index is 0.536. The summed E-state index contributed by atoms with van der Waals surface area (Å²) in [6.45, 7) is 1.69. The van der Waals surface area contributed by atoms with Crippen molar-refractivity contribution in [2.24, 2.45) is 9.36 Å². The number of fused-ring (bicyclic) bond motifs is 1. The molecule has 0 saturated carbocycles. The molecule has 2 heterocycles. The van der Waals surface area contributed by atoms with Crippen molar-refractivity contribution in [1.82, 2.24) is 4.90 Å². The molecular weight excluding hydrogens is 374 g/mol. The van der Waals surface area contributed by atoms with Crippen LogP contribution in [-0.4, -0.2) is 48.6 Å². The number of rotatable bonds is 3. The summed E-state index contributed by atoms with van der Waals surface area (Å²) in [4.78, 5) is 7.44. The standard InChI is InChI=1S/C21H25N3O3S/c1-26-18-13-17-20(14-19(18)27-2)28(3,25)23-21(22-17)24-11-9-16(10-12-24)15-7-5-4-6-8-15/h4-8,13-14,16H,9-12H2,1-3H3. The Morgan fingerprint density at radius 1 is 1.04 bits per heavy atom. The predicted octanol–water partition coefficient (Wildman–Crippen LogP) is 4.04. The summed E-state index contributed by atoms with van der Waals surface area (Å²) >= 11 is 0. The lowest BCUT2D eigenvalue weighted by atomic mass is 9.90. The second-order valence-corrected chi connectivity index (χ2v) is 9.38. The normalized spacial score (nSPS) is 22.1. The van der Waals surface area contributed by atoms with Gasteiger partial charge < -0.3 is 14.4 Å². The summed E-state index contributed by atoms with van der Waals surface area (Å²) in [6, 6.07) is 14.1. The Morgan fingerprint density at radius 3 is 2.32 bits per heavy atom. The van der Waals surface area contributed by atoms with E-state index in [9.17, 15) is 4.21 Å². The van der Waals surface area contributed by atoms with Gasteiger partial charge in [0.1, 0.15) is 0 Å².